The molecule has 3 rings (SSSR count). The number of nitrogens with zero attached hydrogens (tertiary/aromatic N) is 2. The first kappa shape index (κ1) is 13.3. The van der Waals surface area contributed by atoms with Gasteiger partial charge in [0.25, 0.3) is 0 Å². The molecule has 0 fully saturated rings. The third-order valence-electron chi connectivity index (χ3n) is 3.07. The molecular formula is C15H17N3OS. The van der Waals surface area contributed by atoms with Gasteiger partial charge in [0.2, 0.25) is 0 Å². The normalized spacial score (nSPS) is 11.6. The zero-order chi connectivity index (χ0) is 13.9. The van der Waals surface area contributed by atoms with Crippen LogP contribution in [0.25, 0.3) is 21.5 Å². The second-order valence-corrected chi connectivity index (χ2v) is 6.07. The highest BCUT2D eigenvalue weighted by atomic mass is 32.1. The van der Waals surface area contributed by atoms with Crippen LogP contribution in [0.3, 0.4) is 0 Å². The third-order valence-corrected chi connectivity index (χ3v) is 4.09. The first-order chi connectivity index (χ1) is 9.74. The van der Waals surface area contributed by atoms with Crippen LogP contribution < -0.4 is 5.32 Å². The van der Waals surface area contributed by atoms with Crippen molar-refractivity contribution in [3.05, 3.63) is 35.5 Å². The first-order valence-corrected chi connectivity index (χ1v) is 7.58. The predicted molar refractivity (Wildman–Crippen MR) is 82.0 cm³/mol. The highest BCUT2D eigenvalue weighted by molar-refractivity contribution is 7.14. The van der Waals surface area contributed by atoms with Crippen molar-refractivity contribution in [2.75, 3.05) is 6.54 Å². The van der Waals surface area contributed by atoms with Crippen molar-refractivity contribution in [3.63, 3.8) is 0 Å². The van der Waals surface area contributed by atoms with E-state index >= 15 is 0 Å². The fourth-order valence-corrected chi connectivity index (χ4v) is 2.93. The second-order valence-electron chi connectivity index (χ2n) is 5.01. The molecule has 0 saturated carbocycles. The Kier molecular flexibility index (Phi) is 3.80. The lowest BCUT2D eigenvalue weighted by molar-refractivity contribution is 0.588. The van der Waals surface area contributed by atoms with Gasteiger partial charge < -0.3 is 9.73 Å². The molecule has 5 heteroatoms. The van der Waals surface area contributed by atoms with Crippen LogP contribution in [0.2, 0.25) is 0 Å². The Morgan fingerprint density at radius 2 is 2.10 bits per heavy atom. The summed E-state index contributed by atoms with van der Waals surface area (Å²) in [4.78, 5) is 0. The van der Waals surface area contributed by atoms with E-state index in [9.17, 15) is 0 Å². The van der Waals surface area contributed by atoms with E-state index in [0.29, 0.717) is 6.04 Å². The van der Waals surface area contributed by atoms with Gasteiger partial charge in [-0.3, -0.25) is 0 Å². The van der Waals surface area contributed by atoms with Crippen LogP contribution in [0.1, 0.15) is 18.9 Å². The van der Waals surface area contributed by atoms with E-state index in [1.807, 2.05) is 18.2 Å². The van der Waals surface area contributed by atoms with Gasteiger partial charge in [0.05, 0.1) is 5.56 Å². The third kappa shape index (κ3) is 2.73. The van der Waals surface area contributed by atoms with Gasteiger partial charge in [0.1, 0.15) is 16.9 Å². The molecule has 2 heterocycles. The van der Waals surface area contributed by atoms with E-state index in [-0.39, 0.29) is 0 Å². The average Bonchev–Trinajstić information content (AvgIpc) is 3.04. The van der Waals surface area contributed by atoms with Crippen molar-refractivity contribution in [1.82, 2.24) is 15.5 Å². The van der Waals surface area contributed by atoms with Crippen molar-refractivity contribution in [2.45, 2.75) is 26.3 Å². The topological polar surface area (TPSA) is 51.0 Å². The molecule has 0 aliphatic heterocycles. The summed E-state index contributed by atoms with van der Waals surface area (Å²) >= 11 is 1.63. The van der Waals surface area contributed by atoms with Crippen molar-refractivity contribution in [3.8, 4) is 10.6 Å². The van der Waals surface area contributed by atoms with E-state index in [1.165, 1.54) is 0 Å². The summed E-state index contributed by atoms with van der Waals surface area (Å²) in [5.41, 5.74) is 1.92. The van der Waals surface area contributed by atoms with Crippen LogP contribution >= 0.6 is 11.3 Å². The summed E-state index contributed by atoms with van der Waals surface area (Å²) in [6.45, 7) is 5.21. The molecule has 20 heavy (non-hydrogen) atoms. The first-order valence-electron chi connectivity index (χ1n) is 6.76. The molecule has 1 N–H and O–H groups in total. The average molecular weight is 287 g/mol. The van der Waals surface area contributed by atoms with Crippen LogP contribution in [0.4, 0.5) is 0 Å². The van der Waals surface area contributed by atoms with Gasteiger partial charge in [0.15, 0.2) is 5.01 Å². The van der Waals surface area contributed by atoms with E-state index < -0.39 is 0 Å². The Labute approximate surface area is 121 Å². The molecule has 0 amide bonds. The summed E-state index contributed by atoms with van der Waals surface area (Å²) in [7, 11) is 0. The number of benzene rings is 1. The van der Waals surface area contributed by atoms with Crippen LogP contribution in [-0.2, 0) is 6.42 Å². The fraction of sp³-hybridized carbons (Fsp3) is 0.333. The van der Waals surface area contributed by atoms with Gasteiger partial charge in [-0.05, 0) is 6.07 Å². The number of para-hydroxylation sites is 1. The van der Waals surface area contributed by atoms with Gasteiger partial charge in [0, 0.05) is 24.4 Å². The lowest BCUT2D eigenvalue weighted by Gasteiger charge is -2.04. The Morgan fingerprint density at radius 1 is 1.25 bits per heavy atom. The number of fused-ring (bicyclic) bond motifs is 1. The van der Waals surface area contributed by atoms with E-state index in [2.05, 4.69) is 35.4 Å². The second kappa shape index (κ2) is 5.73. The van der Waals surface area contributed by atoms with Gasteiger partial charge in [-0.25, -0.2) is 0 Å². The molecule has 2 aromatic heterocycles. The smallest absolute Gasteiger partial charge is 0.151 e. The molecule has 0 atom stereocenters. The SMILES string of the molecule is CC(C)NCCc1nnc(-c2coc3ccccc23)s1. The molecule has 0 saturated heterocycles. The number of hydrogen-bond donors (Lipinski definition) is 1. The molecule has 0 aliphatic rings. The minimum atomic E-state index is 0.500. The molecule has 0 radical (unpaired) electrons. The monoisotopic (exact) mass is 287 g/mol. The molecule has 0 bridgehead atoms. The van der Waals surface area contributed by atoms with Crippen molar-refractivity contribution >= 4 is 22.3 Å². The lowest BCUT2D eigenvalue weighted by Crippen LogP contribution is -2.24. The standard InChI is InChI=1S/C15H17N3OS/c1-10(2)16-8-7-14-17-18-15(20-14)12-9-19-13-6-4-3-5-11(12)13/h3-6,9-10,16H,7-8H2,1-2H3. The minimum Gasteiger partial charge on any atom is -0.464 e. The molecule has 0 unspecified atom stereocenters. The van der Waals surface area contributed by atoms with Crippen molar-refractivity contribution in [2.24, 2.45) is 0 Å². The highest BCUT2D eigenvalue weighted by Crippen LogP contribution is 2.32. The van der Waals surface area contributed by atoms with Gasteiger partial charge in [-0.2, -0.15) is 0 Å². The van der Waals surface area contributed by atoms with Gasteiger partial charge >= 0.3 is 0 Å². The maximum Gasteiger partial charge on any atom is 0.151 e. The summed E-state index contributed by atoms with van der Waals surface area (Å²) < 4.78 is 5.55. The van der Waals surface area contributed by atoms with Crippen LogP contribution in [0, 0.1) is 0 Å². The highest BCUT2D eigenvalue weighted by Gasteiger charge is 2.12. The summed E-state index contributed by atoms with van der Waals surface area (Å²) in [6, 6.07) is 8.50. The van der Waals surface area contributed by atoms with Crippen LogP contribution in [-0.4, -0.2) is 22.8 Å². The fourth-order valence-electron chi connectivity index (χ4n) is 2.07. The quantitative estimate of drug-likeness (QED) is 0.780. The molecule has 0 spiro atoms. The zero-order valence-corrected chi connectivity index (χ0v) is 12.4. The summed E-state index contributed by atoms with van der Waals surface area (Å²) in [5.74, 6) is 0. The number of furan rings is 1. The molecule has 1 aromatic carbocycles. The van der Waals surface area contributed by atoms with Crippen LogP contribution in [0.15, 0.2) is 34.9 Å². The molecule has 4 nitrogen and oxygen atoms in total. The van der Waals surface area contributed by atoms with Gasteiger partial charge in [-0.15, -0.1) is 10.2 Å². The summed E-state index contributed by atoms with van der Waals surface area (Å²) in [6.07, 6.45) is 2.67. The Morgan fingerprint density at radius 3 is 2.95 bits per heavy atom. The molecular weight excluding hydrogens is 270 g/mol. The number of rotatable bonds is 5. The van der Waals surface area contributed by atoms with E-state index in [0.717, 1.165) is 39.5 Å². The minimum absolute atomic E-state index is 0.500. The maximum atomic E-state index is 5.55. The Balaban J connectivity index is 1.79. The number of hydrogen-bond acceptors (Lipinski definition) is 5. The largest absolute Gasteiger partial charge is 0.464 e. The zero-order valence-electron chi connectivity index (χ0n) is 11.6. The number of nitrogens with one attached hydrogen (secondary N) is 1. The Bertz CT molecular complexity index is 702. The molecule has 104 valence electrons. The summed E-state index contributed by atoms with van der Waals surface area (Å²) in [5, 5.41) is 15.0. The van der Waals surface area contributed by atoms with E-state index in [1.54, 1.807) is 17.6 Å². The molecule has 0 aliphatic carbocycles. The predicted octanol–water partition coefficient (Wildman–Crippen LogP) is 3.49. The van der Waals surface area contributed by atoms with Gasteiger partial charge in [-0.1, -0.05) is 43.4 Å². The van der Waals surface area contributed by atoms with Crippen LogP contribution in [0.5, 0.6) is 0 Å². The van der Waals surface area contributed by atoms with Crippen molar-refractivity contribution in [1.29, 1.82) is 0 Å². The maximum absolute atomic E-state index is 5.55. The molecule has 3 aromatic rings. The van der Waals surface area contributed by atoms with Crippen molar-refractivity contribution < 1.29 is 4.42 Å². The Hall–Kier alpha value is -1.72. The number of aromatic nitrogens is 2. The van der Waals surface area contributed by atoms with E-state index in [4.69, 9.17) is 4.42 Å². The lowest BCUT2D eigenvalue weighted by atomic mass is 10.2.